The van der Waals surface area contributed by atoms with Gasteiger partial charge in [-0.1, -0.05) is 35.4 Å². The van der Waals surface area contributed by atoms with Crippen LogP contribution in [0.1, 0.15) is 15.9 Å². The van der Waals surface area contributed by atoms with Crippen molar-refractivity contribution in [1.29, 1.82) is 0 Å². The quantitative estimate of drug-likeness (QED) is 0.498. The van der Waals surface area contributed by atoms with Crippen LogP contribution in [0.5, 0.6) is 0 Å². The molecule has 0 spiro atoms. The Bertz CT molecular complexity index is 1030. The fraction of sp³-hybridized carbons (Fsp3) is 0.217. The van der Waals surface area contributed by atoms with Gasteiger partial charge in [0, 0.05) is 11.3 Å². The number of carbonyl (C=O) groups is 1. The van der Waals surface area contributed by atoms with Gasteiger partial charge in [-0.05, 0) is 53.9 Å². The van der Waals surface area contributed by atoms with Gasteiger partial charge in [0.2, 0.25) is 0 Å². The molecular weight excluding hydrogens is 396 g/mol. The van der Waals surface area contributed by atoms with E-state index in [1.807, 2.05) is 61.5 Å². The van der Waals surface area contributed by atoms with Crippen LogP contribution in [0, 0.1) is 6.92 Å². The number of pyridine rings is 1. The fourth-order valence-electron chi connectivity index (χ4n) is 3.57. The van der Waals surface area contributed by atoms with E-state index in [1.165, 1.54) is 0 Å². The number of benzene rings is 2. The predicted octanol–water partition coefficient (Wildman–Crippen LogP) is 3.46. The minimum absolute atomic E-state index is 0.173. The number of nitrogens with two attached hydrogens (primary N) is 1. The third-order valence-electron chi connectivity index (χ3n) is 5.31. The summed E-state index contributed by atoms with van der Waals surface area (Å²) in [5.74, 6) is 2.01. The summed E-state index contributed by atoms with van der Waals surface area (Å²) in [4.78, 5) is 19.5. The zero-order valence-corrected chi connectivity index (χ0v) is 17.6. The Morgan fingerprint density at radius 1 is 1.10 bits per heavy atom. The van der Waals surface area contributed by atoms with E-state index >= 15 is 0 Å². The first-order chi connectivity index (χ1) is 14.5. The van der Waals surface area contributed by atoms with Crippen LogP contribution >= 0.6 is 0 Å². The normalized spacial score (nSPS) is 14.5. The maximum Gasteiger partial charge on any atom is 0.255 e. The standard InChI is InChI=1S/C23H24N4O2S/c1-16-20(17-5-7-18(24)8-6-17)3-2-4-21(16)23(28)26-19-9-10-22(25-15-19)27-11-13-30(29)14-12-27/h2-10,15H,11-14,24H2,1H3,(H,26,28). The average molecular weight is 421 g/mol. The lowest BCUT2D eigenvalue weighted by Crippen LogP contribution is -2.40. The summed E-state index contributed by atoms with van der Waals surface area (Å²) in [6.07, 6.45) is 1.66. The zero-order valence-electron chi connectivity index (χ0n) is 16.8. The van der Waals surface area contributed by atoms with E-state index in [0.717, 1.165) is 35.6 Å². The molecule has 7 heteroatoms. The molecule has 4 rings (SSSR count). The maximum absolute atomic E-state index is 12.9. The second kappa shape index (κ2) is 8.77. The number of carbonyl (C=O) groups excluding carboxylic acids is 1. The minimum Gasteiger partial charge on any atom is -0.616 e. The third kappa shape index (κ3) is 4.42. The van der Waals surface area contributed by atoms with Crippen LogP contribution in [0.3, 0.4) is 0 Å². The predicted molar refractivity (Wildman–Crippen MR) is 123 cm³/mol. The second-order valence-electron chi connectivity index (χ2n) is 7.29. The molecule has 6 nitrogen and oxygen atoms in total. The van der Waals surface area contributed by atoms with Crippen LogP contribution in [-0.2, 0) is 11.2 Å². The van der Waals surface area contributed by atoms with Crippen molar-refractivity contribution in [1.82, 2.24) is 4.98 Å². The molecule has 3 N–H and O–H groups in total. The second-order valence-corrected chi connectivity index (χ2v) is 8.99. The topological polar surface area (TPSA) is 94.3 Å². The lowest BCUT2D eigenvalue weighted by atomic mass is 9.96. The van der Waals surface area contributed by atoms with Crippen LogP contribution in [0.15, 0.2) is 60.8 Å². The van der Waals surface area contributed by atoms with Crippen LogP contribution in [-0.4, -0.2) is 40.0 Å². The molecule has 0 radical (unpaired) electrons. The Kier molecular flexibility index (Phi) is 5.92. The highest BCUT2D eigenvalue weighted by Gasteiger charge is 2.20. The van der Waals surface area contributed by atoms with Gasteiger partial charge in [0.15, 0.2) is 0 Å². The van der Waals surface area contributed by atoms with Gasteiger partial charge in [0.05, 0.1) is 25.0 Å². The van der Waals surface area contributed by atoms with Crippen LogP contribution < -0.4 is 16.0 Å². The molecule has 1 amide bonds. The van der Waals surface area contributed by atoms with E-state index in [4.69, 9.17) is 5.73 Å². The van der Waals surface area contributed by atoms with Crippen molar-refractivity contribution >= 4 is 34.3 Å². The molecule has 0 atom stereocenters. The summed E-state index contributed by atoms with van der Waals surface area (Å²) in [5.41, 5.74) is 10.7. The molecule has 1 aromatic heterocycles. The molecule has 2 aromatic carbocycles. The van der Waals surface area contributed by atoms with Gasteiger partial charge in [-0.15, -0.1) is 0 Å². The largest absolute Gasteiger partial charge is 0.616 e. The van der Waals surface area contributed by atoms with Crippen molar-refractivity contribution in [2.45, 2.75) is 6.92 Å². The highest BCUT2D eigenvalue weighted by molar-refractivity contribution is 7.91. The number of rotatable bonds is 4. The number of anilines is 3. The van der Waals surface area contributed by atoms with Gasteiger partial charge in [-0.25, -0.2) is 4.98 Å². The zero-order chi connectivity index (χ0) is 21.1. The van der Waals surface area contributed by atoms with Gasteiger partial charge < -0.3 is 20.5 Å². The fourth-order valence-corrected chi connectivity index (χ4v) is 4.62. The van der Waals surface area contributed by atoms with Crippen LogP contribution in [0.4, 0.5) is 17.2 Å². The highest BCUT2D eigenvalue weighted by atomic mass is 32.2. The summed E-state index contributed by atoms with van der Waals surface area (Å²) >= 11 is -0.720. The van der Waals surface area contributed by atoms with Crippen molar-refractivity contribution in [3.63, 3.8) is 0 Å². The summed E-state index contributed by atoms with van der Waals surface area (Å²) in [6, 6.07) is 17.1. The van der Waals surface area contributed by atoms with E-state index in [0.29, 0.717) is 28.4 Å². The lowest BCUT2D eigenvalue weighted by Gasteiger charge is -2.29. The van der Waals surface area contributed by atoms with Gasteiger partial charge in [-0.3, -0.25) is 4.79 Å². The first-order valence-corrected chi connectivity index (χ1v) is 11.3. The van der Waals surface area contributed by atoms with Crippen molar-refractivity contribution in [3.8, 4) is 11.1 Å². The Morgan fingerprint density at radius 3 is 2.50 bits per heavy atom. The molecule has 2 heterocycles. The van der Waals surface area contributed by atoms with E-state index in [1.54, 1.807) is 6.20 Å². The monoisotopic (exact) mass is 420 g/mol. The van der Waals surface area contributed by atoms with E-state index in [-0.39, 0.29) is 5.91 Å². The Morgan fingerprint density at radius 2 is 1.83 bits per heavy atom. The van der Waals surface area contributed by atoms with Crippen LogP contribution in [0.2, 0.25) is 0 Å². The molecule has 1 aliphatic rings. The minimum atomic E-state index is -0.720. The molecule has 0 saturated carbocycles. The first-order valence-electron chi connectivity index (χ1n) is 9.84. The lowest BCUT2D eigenvalue weighted by molar-refractivity contribution is 0.102. The summed E-state index contributed by atoms with van der Waals surface area (Å²) < 4.78 is 11.5. The van der Waals surface area contributed by atoms with Crippen LogP contribution in [0.25, 0.3) is 11.1 Å². The molecule has 30 heavy (non-hydrogen) atoms. The van der Waals surface area contributed by atoms with Crippen molar-refractivity contribution in [2.75, 3.05) is 40.5 Å². The molecule has 3 aromatic rings. The first kappa shape index (κ1) is 20.3. The number of aromatic nitrogens is 1. The van der Waals surface area contributed by atoms with Crippen molar-refractivity contribution in [3.05, 3.63) is 71.9 Å². The van der Waals surface area contributed by atoms with Crippen molar-refractivity contribution in [2.24, 2.45) is 0 Å². The number of nitrogen functional groups attached to an aromatic ring is 1. The summed E-state index contributed by atoms with van der Waals surface area (Å²) in [7, 11) is 0. The number of nitrogens with zero attached hydrogens (tertiary/aromatic N) is 2. The molecular formula is C23H24N4O2S. The Hall–Kier alpha value is -3.03. The molecule has 0 aliphatic carbocycles. The SMILES string of the molecule is Cc1c(C(=O)Nc2ccc(N3CC[S+]([O-])CC3)nc2)cccc1-c1ccc(N)cc1. The molecule has 1 fully saturated rings. The maximum atomic E-state index is 12.9. The van der Waals surface area contributed by atoms with E-state index in [2.05, 4.69) is 15.2 Å². The van der Waals surface area contributed by atoms with E-state index < -0.39 is 11.2 Å². The summed E-state index contributed by atoms with van der Waals surface area (Å²) in [6.45, 7) is 3.42. The Labute approximate surface area is 179 Å². The van der Waals surface area contributed by atoms with Gasteiger partial charge in [-0.2, -0.15) is 0 Å². The van der Waals surface area contributed by atoms with Crippen molar-refractivity contribution < 1.29 is 9.35 Å². The molecule has 0 unspecified atom stereocenters. The average Bonchev–Trinajstić information content (AvgIpc) is 2.76. The van der Waals surface area contributed by atoms with Gasteiger partial charge in [0.25, 0.3) is 5.91 Å². The molecule has 1 saturated heterocycles. The smallest absolute Gasteiger partial charge is 0.255 e. The number of nitrogens with one attached hydrogen (secondary N) is 1. The number of hydrogen-bond donors (Lipinski definition) is 2. The number of amides is 1. The van der Waals surface area contributed by atoms with Gasteiger partial charge in [0.1, 0.15) is 17.3 Å². The highest BCUT2D eigenvalue weighted by Crippen LogP contribution is 2.27. The van der Waals surface area contributed by atoms with Gasteiger partial charge >= 0.3 is 0 Å². The summed E-state index contributed by atoms with van der Waals surface area (Å²) in [5, 5.41) is 2.94. The number of hydrogen-bond acceptors (Lipinski definition) is 5. The Balaban J connectivity index is 1.49. The molecule has 1 aliphatic heterocycles. The third-order valence-corrected chi connectivity index (χ3v) is 6.58. The van der Waals surface area contributed by atoms with E-state index in [9.17, 15) is 9.35 Å². The molecule has 154 valence electrons. The molecule has 0 bridgehead atoms.